The van der Waals surface area contributed by atoms with Crippen molar-refractivity contribution in [3.8, 4) is 11.5 Å². The fourth-order valence-electron chi connectivity index (χ4n) is 3.20. The molecule has 0 radical (unpaired) electrons. The van der Waals surface area contributed by atoms with Crippen molar-refractivity contribution >= 4 is 17.6 Å². The zero-order valence-corrected chi connectivity index (χ0v) is 16.7. The Kier molecular flexibility index (Phi) is 6.57. The third kappa shape index (κ3) is 5.39. The summed E-state index contributed by atoms with van der Waals surface area (Å²) in [5, 5.41) is 9.86. The monoisotopic (exact) mass is 438 g/mol. The number of halogens is 3. The van der Waals surface area contributed by atoms with Crippen molar-refractivity contribution in [2.45, 2.75) is 6.18 Å². The summed E-state index contributed by atoms with van der Waals surface area (Å²) < 4.78 is 48.6. The molecule has 31 heavy (non-hydrogen) atoms. The van der Waals surface area contributed by atoms with Crippen LogP contribution < -0.4 is 9.64 Å². The molecule has 2 aromatic carbocycles. The number of phenolic OH excluding ortho intramolecular Hbond substituents is 1. The van der Waals surface area contributed by atoms with Crippen LogP contribution in [-0.4, -0.2) is 61.8 Å². The van der Waals surface area contributed by atoms with Crippen LogP contribution in [0.25, 0.3) is 0 Å². The van der Waals surface area contributed by atoms with Gasteiger partial charge in [0.1, 0.15) is 17.1 Å². The Bertz CT molecular complexity index is 956. The number of carbonyl (C=O) groups is 2. The number of alkyl halides is 3. The Morgan fingerprint density at radius 3 is 2.39 bits per heavy atom. The number of anilines is 1. The number of phenols is 1. The molecule has 0 atom stereocenters. The number of methoxy groups -OCH3 is 1. The number of esters is 1. The summed E-state index contributed by atoms with van der Waals surface area (Å²) in [7, 11) is 1.41. The molecule has 3 rings (SSSR count). The molecular formula is C21H21F3N2O5. The molecule has 1 aliphatic rings. The molecule has 0 unspecified atom stereocenters. The molecule has 1 fully saturated rings. The maximum absolute atomic E-state index is 12.9. The van der Waals surface area contributed by atoms with Crippen LogP contribution in [0.1, 0.15) is 15.9 Å². The van der Waals surface area contributed by atoms with Crippen LogP contribution in [0.3, 0.4) is 0 Å². The van der Waals surface area contributed by atoms with Crippen LogP contribution in [0, 0.1) is 0 Å². The van der Waals surface area contributed by atoms with Crippen LogP contribution in [0.4, 0.5) is 18.9 Å². The van der Waals surface area contributed by atoms with Gasteiger partial charge < -0.3 is 24.4 Å². The number of rotatable bonds is 5. The number of carbonyl (C=O) groups excluding carboxylic acids is 2. The standard InChI is InChI=1S/C21H21F3N2O5/c1-30-16-5-6-17(18(27)12-16)20(29)31-13-19(28)26-9-7-25(8-10-26)15-4-2-3-14(11-15)21(22,23)24/h2-6,11-12,27H,7-10,13H2,1H3. The fourth-order valence-corrected chi connectivity index (χ4v) is 3.20. The third-order valence-electron chi connectivity index (χ3n) is 4.92. The van der Waals surface area contributed by atoms with E-state index in [4.69, 9.17) is 9.47 Å². The Hall–Kier alpha value is -3.43. The summed E-state index contributed by atoms with van der Waals surface area (Å²) in [6.45, 7) is 0.745. The molecule has 166 valence electrons. The summed E-state index contributed by atoms with van der Waals surface area (Å²) in [6, 6.07) is 9.10. The highest BCUT2D eigenvalue weighted by Gasteiger charge is 2.31. The van der Waals surface area contributed by atoms with Crippen LogP contribution in [-0.2, 0) is 15.7 Å². The maximum atomic E-state index is 12.9. The Morgan fingerprint density at radius 1 is 1.06 bits per heavy atom. The van der Waals surface area contributed by atoms with Gasteiger partial charge >= 0.3 is 12.1 Å². The van der Waals surface area contributed by atoms with Crippen molar-refractivity contribution < 1.29 is 37.3 Å². The maximum Gasteiger partial charge on any atom is 0.416 e. The number of hydrogen-bond donors (Lipinski definition) is 1. The van der Waals surface area contributed by atoms with Gasteiger partial charge in [0.15, 0.2) is 6.61 Å². The second kappa shape index (κ2) is 9.15. The number of piperazine rings is 1. The molecule has 1 aliphatic heterocycles. The first-order valence-electron chi connectivity index (χ1n) is 9.43. The second-order valence-corrected chi connectivity index (χ2v) is 6.88. The molecule has 0 aliphatic carbocycles. The molecule has 1 amide bonds. The third-order valence-corrected chi connectivity index (χ3v) is 4.92. The first-order chi connectivity index (χ1) is 14.7. The van der Waals surface area contributed by atoms with E-state index in [0.717, 1.165) is 12.1 Å². The zero-order chi connectivity index (χ0) is 22.6. The molecule has 2 aromatic rings. The minimum atomic E-state index is -4.42. The molecule has 1 N–H and O–H groups in total. The average Bonchev–Trinajstić information content (AvgIpc) is 2.76. The normalized spacial score (nSPS) is 14.3. The quantitative estimate of drug-likeness (QED) is 0.724. The first kappa shape index (κ1) is 22.3. The average molecular weight is 438 g/mol. The van der Waals surface area contributed by atoms with E-state index in [1.807, 2.05) is 0 Å². The second-order valence-electron chi connectivity index (χ2n) is 6.88. The van der Waals surface area contributed by atoms with Gasteiger partial charge in [-0.25, -0.2) is 4.79 Å². The number of aromatic hydroxyl groups is 1. The number of nitrogens with zero attached hydrogens (tertiary/aromatic N) is 2. The molecule has 0 bridgehead atoms. The largest absolute Gasteiger partial charge is 0.507 e. The van der Waals surface area contributed by atoms with E-state index in [1.165, 1.54) is 36.3 Å². The molecule has 10 heteroatoms. The lowest BCUT2D eigenvalue weighted by Gasteiger charge is -2.36. The van der Waals surface area contributed by atoms with E-state index in [1.54, 1.807) is 11.0 Å². The van der Waals surface area contributed by atoms with Crippen LogP contribution in [0.5, 0.6) is 11.5 Å². The fraction of sp³-hybridized carbons (Fsp3) is 0.333. The van der Waals surface area contributed by atoms with Gasteiger partial charge in [-0.05, 0) is 30.3 Å². The van der Waals surface area contributed by atoms with Gasteiger partial charge in [-0.1, -0.05) is 6.07 Å². The Morgan fingerprint density at radius 2 is 1.77 bits per heavy atom. The molecular weight excluding hydrogens is 417 g/mol. The Labute approximate surface area is 176 Å². The van der Waals surface area contributed by atoms with E-state index in [2.05, 4.69) is 0 Å². The van der Waals surface area contributed by atoms with Crippen LogP contribution in [0.2, 0.25) is 0 Å². The first-order valence-corrected chi connectivity index (χ1v) is 9.43. The smallest absolute Gasteiger partial charge is 0.416 e. The summed E-state index contributed by atoms with van der Waals surface area (Å²) in [4.78, 5) is 27.7. The Balaban J connectivity index is 1.52. The van der Waals surface area contributed by atoms with Gasteiger partial charge in [0, 0.05) is 37.9 Å². The van der Waals surface area contributed by atoms with Gasteiger partial charge in [0.05, 0.1) is 12.7 Å². The van der Waals surface area contributed by atoms with Crippen molar-refractivity contribution in [2.24, 2.45) is 0 Å². The number of benzene rings is 2. The van der Waals surface area contributed by atoms with Crippen molar-refractivity contribution in [1.29, 1.82) is 0 Å². The summed E-state index contributed by atoms with van der Waals surface area (Å²) in [5.74, 6) is -1.24. The van der Waals surface area contributed by atoms with Gasteiger partial charge in [-0.3, -0.25) is 4.79 Å². The minimum absolute atomic E-state index is 0.0945. The van der Waals surface area contributed by atoms with E-state index in [-0.39, 0.29) is 24.4 Å². The van der Waals surface area contributed by atoms with Gasteiger partial charge in [-0.2, -0.15) is 13.2 Å². The number of hydrogen-bond acceptors (Lipinski definition) is 6. The van der Waals surface area contributed by atoms with Crippen LogP contribution >= 0.6 is 0 Å². The van der Waals surface area contributed by atoms with E-state index in [0.29, 0.717) is 24.5 Å². The highest BCUT2D eigenvalue weighted by molar-refractivity contribution is 5.94. The van der Waals surface area contributed by atoms with Gasteiger partial charge in [0.2, 0.25) is 0 Å². The van der Waals surface area contributed by atoms with Crippen molar-refractivity contribution in [1.82, 2.24) is 4.90 Å². The minimum Gasteiger partial charge on any atom is -0.507 e. The predicted octanol–water partition coefficient (Wildman–Crippen LogP) is 2.93. The molecule has 0 saturated carbocycles. The zero-order valence-electron chi connectivity index (χ0n) is 16.7. The van der Waals surface area contributed by atoms with E-state index < -0.39 is 30.2 Å². The molecule has 0 aromatic heterocycles. The lowest BCUT2D eigenvalue weighted by molar-refractivity contribution is -0.137. The van der Waals surface area contributed by atoms with Crippen molar-refractivity contribution in [3.05, 3.63) is 53.6 Å². The predicted molar refractivity (Wildman–Crippen MR) is 105 cm³/mol. The summed E-state index contributed by atoms with van der Waals surface area (Å²) in [5.41, 5.74) is -0.386. The lowest BCUT2D eigenvalue weighted by atomic mass is 10.1. The highest BCUT2D eigenvalue weighted by Crippen LogP contribution is 2.32. The molecule has 7 nitrogen and oxygen atoms in total. The summed E-state index contributed by atoms with van der Waals surface area (Å²) >= 11 is 0. The lowest BCUT2D eigenvalue weighted by Crippen LogP contribution is -2.50. The topological polar surface area (TPSA) is 79.3 Å². The molecule has 1 heterocycles. The van der Waals surface area contributed by atoms with Crippen LogP contribution in [0.15, 0.2) is 42.5 Å². The summed E-state index contributed by atoms with van der Waals surface area (Å²) in [6.07, 6.45) is -4.42. The SMILES string of the molecule is COc1ccc(C(=O)OCC(=O)N2CCN(c3cccc(C(F)(F)F)c3)CC2)c(O)c1. The van der Waals surface area contributed by atoms with Crippen molar-refractivity contribution in [2.75, 3.05) is 44.8 Å². The van der Waals surface area contributed by atoms with E-state index in [9.17, 15) is 27.9 Å². The number of amides is 1. The van der Waals surface area contributed by atoms with Gasteiger partial charge in [-0.15, -0.1) is 0 Å². The highest BCUT2D eigenvalue weighted by atomic mass is 19.4. The van der Waals surface area contributed by atoms with Gasteiger partial charge in [0.25, 0.3) is 5.91 Å². The molecule has 1 saturated heterocycles. The molecule has 0 spiro atoms. The van der Waals surface area contributed by atoms with E-state index >= 15 is 0 Å². The van der Waals surface area contributed by atoms with Crippen molar-refractivity contribution in [3.63, 3.8) is 0 Å². The number of ether oxygens (including phenoxy) is 2.